The third kappa shape index (κ3) is 4.80. The molecule has 0 unspecified atom stereocenters. The average molecular weight is 449 g/mol. The summed E-state index contributed by atoms with van der Waals surface area (Å²) in [6.07, 6.45) is 0. The predicted octanol–water partition coefficient (Wildman–Crippen LogP) is 3.97. The van der Waals surface area contributed by atoms with E-state index in [0.29, 0.717) is 15.9 Å². The number of benzene rings is 2. The van der Waals surface area contributed by atoms with Crippen molar-refractivity contribution in [3.05, 3.63) is 80.7 Å². The van der Waals surface area contributed by atoms with Crippen molar-refractivity contribution in [2.75, 3.05) is 10.6 Å². The van der Waals surface area contributed by atoms with Crippen LogP contribution in [0.5, 0.6) is 0 Å². The number of anilines is 3. The van der Waals surface area contributed by atoms with Crippen LogP contribution in [-0.2, 0) is 11.3 Å². The molecule has 6 nitrogen and oxygen atoms in total. The molecule has 1 heterocycles. The first-order valence-corrected chi connectivity index (χ1v) is 8.97. The summed E-state index contributed by atoms with van der Waals surface area (Å²) in [5.41, 5.74) is 0.309. The molecular weight excluding hydrogens is 434 g/mol. The molecule has 2 aromatic carbocycles. The molecule has 0 bridgehead atoms. The average Bonchev–Trinajstić information content (AvgIpc) is 2.60. The quantitative estimate of drug-likeness (QED) is 0.618. The van der Waals surface area contributed by atoms with Crippen molar-refractivity contribution < 1.29 is 13.6 Å². The Morgan fingerprint density at radius 3 is 2.68 bits per heavy atom. The lowest BCUT2D eigenvalue weighted by atomic mass is 10.3. The minimum Gasteiger partial charge on any atom is -0.325 e. The molecule has 2 N–H and O–H groups in total. The van der Waals surface area contributed by atoms with E-state index in [-0.39, 0.29) is 11.6 Å². The van der Waals surface area contributed by atoms with Gasteiger partial charge in [-0.3, -0.25) is 14.2 Å². The number of aryl methyl sites for hydroxylation is 1. The van der Waals surface area contributed by atoms with Gasteiger partial charge < -0.3 is 10.6 Å². The Morgan fingerprint density at radius 1 is 1.18 bits per heavy atom. The Labute approximate surface area is 167 Å². The van der Waals surface area contributed by atoms with E-state index >= 15 is 0 Å². The fourth-order valence-corrected chi connectivity index (χ4v) is 2.82. The maximum atomic E-state index is 13.9. The van der Waals surface area contributed by atoms with Gasteiger partial charge in [0.05, 0.1) is 5.69 Å². The van der Waals surface area contributed by atoms with Gasteiger partial charge in [0.25, 0.3) is 5.56 Å². The third-order valence-corrected chi connectivity index (χ3v) is 4.22. The highest BCUT2D eigenvalue weighted by molar-refractivity contribution is 9.10. The first-order chi connectivity index (χ1) is 13.3. The first-order valence-electron chi connectivity index (χ1n) is 8.18. The number of amides is 1. The lowest BCUT2D eigenvalue weighted by Crippen LogP contribution is -2.30. The van der Waals surface area contributed by atoms with Crippen LogP contribution in [0.2, 0.25) is 0 Å². The monoisotopic (exact) mass is 448 g/mol. The van der Waals surface area contributed by atoms with Crippen LogP contribution in [0.25, 0.3) is 0 Å². The molecule has 3 aromatic rings. The molecule has 1 aromatic heterocycles. The summed E-state index contributed by atoms with van der Waals surface area (Å²) in [6.45, 7) is 1.22. The van der Waals surface area contributed by atoms with Crippen LogP contribution in [0.4, 0.5) is 26.1 Å². The van der Waals surface area contributed by atoms with Crippen LogP contribution >= 0.6 is 15.9 Å². The standard InChI is InChI=1S/C19H15BrF2N4O2/c1-11-7-18(28)26(19(23-11)24-14-4-2-3-13(21)9-14)10-17(27)25-16-6-5-12(20)8-15(16)22/h2-9H,10H2,1H3,(H,23,24)(H,25,27). The van der Waals surface area contributed by atoms with E-state index in [9.17, 15) is 18.4 Å². The molecule has 0 saturated carbocycles. The molecule has 9 heteroatoms. The van der Waals surface area contributed by atoms with E-state index in [4.69, 9.17) is 0 Å². The predicted molar refractivity (Wildman–Crippen MR) is 106 cm³/mol. The maximum absolute atomic E-state index is 13.9. The fourth-order valence-electron chi connectivity index (χ4n) is 2.49. The largest absolute Gasteiger partial charge is 0.325 e. The second-order valence-electron chi connectivity index (χ2n) is 5.95. The first kappa shape index (κ1) is 19.7. The summed E-state index contributed by atoms with van der Waals surface area (Å²) in [6, 6.07) is 11.1. The molecule has 0 spiro atoms. The van der Waals surface area contributed by atoms with Crippen molar-refractivity contribution in [3.63, 3.8) is 0 Å². The third-order valence-electron chi connectivity index (χ3n) is 3.72. The van der Waals surface area contributed by atoms with Gasteiger partial charge in [0, 0.05) is 21.9 Å². The summed E-state index contributed by atoms with van der Waals surface area (Å²) in [5.74, 6) is -1.62. The molecule has 0 fully saturated rings. The van der Waals surface area contributed by atoms with Crippen LogP contribution in [0.1, 0.15) is 5.69 Å². The number of hydrogen-bond donors (Lipinski definition) is 2. The summed E-state index contributed by atoms with van der Waals surface area (Å²) < 4.78 is 28.9. The Morgan fingerprint density at radius 2 is 1.96 bits per heavy atom. The van der Waals surface area contributed by atoms with Crippen LogP contribution in [0.3, 0.4) is 0 Å². The molecule has 0 atom stereocenters. The number of hydrogen-bond acceptors (Lipinski definition) is 4. The molecule has 1 amide bonds. The van der Waals surface area contributed by atoms with Crippen LogP contribution in [0, 0.1) is 18.6 Å². The summed E-state index contributed by atoms with van der Waals surface area (Å²) >= 11 is 3.14. The van der Waals surface area contributed by atoms with Gasteiger partial charge in [-0.05, 0) is 43.3 Å². The Bertz CT molecular complexity index is 1100. The Balaban J connectivity index is 1.86. The van der Waals surface area contributed by atoms with Gasteiger partial charge >= 0.3 is 0 Å². The number of carbonyl (C=O) groups excluding carboxylic acids is 1. The van der Waals surface area contributed by atoms with Gasteiger partial charge in [0.15, 0.2) is 0 Å². The second kappa shape index (κ2) is 8.30. The minimum absolute atomic E-state index is 0.0130. The normalized spacial score (nSPS) is 10.6. The Kier molecular flexibility index (Phi) is 5.84. The summed E-state index contributed by atoms with van der Waals surface area (Å²) in [5, 5.41) is 5.25. The number of aromatic nitrogens is 2. The molecule has 3 rings (SSSR count). The highest BCUT2D eigenvalue weighted by atomic mass is 79.9. The fraction of sp³-hybridized carbons (Fsp3) is 0.105. The lowest BCUT2D eigenvalue weighted by Gasteiger charge is -2.14. The van der Waals surface area contributed by atoms with Crippen molar-refractivity contribution in [1.82, 2.24) is 9.55 Å². The molecular formula is C19H15BrF2N4O2. The SMILES string of the molecule is Cc1cc(=O)n(CC(=O)Nc2ccc(Br)cc2F)c(Nc2cccc(F)c2)n1. The second-order valence-corrected chi connectivity index (χ2v) is 6.87. The molecule has 0 aliphatic carbocycles. The number of carbonyl (C=O) groups is 1. The number of halogens is 3. The van der Waals surface area contributed by atoms with Crippen LogP contribution in [0.15, 0.2) is 57.8 Å². The molecule has 144 valence electrons. The highest BCUT2D eigenvalue weighted by Crippen LogP contribution is 2.20. The van der Waals surface area contributed by atoms with E-state index in [1.54, 1.807) is 19.1 Å². The lowest BCUT2D eigenvalue weighted by molar-refractivity contribution is -0.116. The van der Waals surface area contributed by atoms with Gasteiger partial charge in [0.1, 0.15) is 18.2 Å². The van der Waals surface area contributed by atoms with E-state index in [0.717, 1.165) is 4.57 Å². The van der Waals surface area contributed by atoms with E-state index in [1.807, 2.05) is 0 Å². The van der Waals surface area contributed by atoms with Crippen LogP contribution < -0.4 is 16.2 Å². The summed E-state index contributed by atoms with van der Waals surface area (Å²) in [7, 11) is 0. The van der Waals surface area contributed by atoms with Gasteiger partial charge in [-0.25, -0.2) is 13.8 Å². The van der Waals surface area contributed by atoms with Crippen LogP contribution in [-0.4, -0.2) is 15.5 Å². The topological polar surface area (TPSA) is 76.0 Å². The van der Waals surface area contributed by atoms with Crippen molar-refractivity contribution in [3.8, 4) is 0 Å². The van der Waals surface area contributed by atoms with Crippen molar-refractivity contribution in [1.29, 1.82) is 0 Å². The zero-order chi connectivity index (χ0) is 20.3. The highest BCUT2D eigenvalue weighted by Gasteiger charge is 2.14. The van der Waals surface area contributed by atoms with Crippen molar-refractivity contribution in [2.45, 2.75) is 13.5 Å². The molecule has 0 saturated heterocycles. The molecule has 0 aliphatic rings. The minimum atomic E-state index is -0.616. The van der Waals surface area contributed by atoms with E-state index in [2.05, 4.69) is 31.5 Å². The van der Waals surface area contributed by atoms with Gasteiger partial charge in [-0.1, -0.05) is 22.0 Å². The van der Waals surface area contributed by atoms with Crippen molar-refractivity contribution >= 4 is 39.2 Å². The molecule has 28 heavy (non-hydrogen) atoms. The zero-order valence-corrected chi connectivity index (χ0v) is 16.3. The molecule has 0 aliphatic heterocycles. The zero-order valence-electron chi connectivity index (χ0n) is 14.7. The Hall–Kier alpha value is -3.07. The van der Waals surface area contributed by atoms with E-state index < -0.39 is 29.6 Å². The van der Waals surface area contributed by atoms with Crippen molar-refractivity contribution in [2.24, 2.45) is 0 Å². The molecule has 0 radical (unpaired) electrons. The van der Waals surface area contributed by atoms with Gasteiger partial charge in [-0.2, -0.15) is 0 Å². The number of nitrogens with zero attached hydrogens (tertiary/aromatic N) is 2. The number of nitrogens with one attached hydrogen (secondary N) is 2. The maximum Gasteiger partial charge on any atom is 0.255 e. The smallest absolute Gasteiger partial charge is 0.255 e. The summed E-state index contributed by atoms with van der Waals surface area (Å²) in [4.78, 5) is 28.9. The number of rotatable bonds is 5. The van der Waals surface area contributed by atoms with Gasteiger partial charge in [0.2, 0.25) is 11.9 Å². The van der Waals surface area contributed by atoms with E-state index in [1.165, 1.54) is 36.4 Å². The van der Waals surface area contributed by atoms with Gasteiger partial charge in [-0.15, -0.1) is 0 Å².